The van der Waals surface area contributed by atoms with Crippen LogP contribution in [0.4, 0.5) is 18.9 Å². The molecule has 1 aromatic carbocycles. The quantitative estimate of drug-likeness (QED) is 0.626. The van der Waals surface area contributed by atoms with Gasteiger partial charge in [0.15, 0.2) is 5.69 Å². The largest absolute Gasteiger partial charge is 0.416 e. The number of nitrogens with two attached hydrogens (primary N) is 2. The van der Waals surface area contributed by atoms with Gasteiger partial charge in [-0.05, 0) is 36.2 Å². The first kappa shape index (κ1) is 20.5. The van der Waals surface area contributed by atoms with Crippen molar-refractivity contribution in [3.63, 3.8) is 0 Å². The van der Waals surface area contributed by atoms with Gasteiger partial charge in [0.05, 0.1) is 16.8 Å². The Bertz CT molecular complexity index is 1150. The molecule has 0 saturated heterocycles. The molecule has 2 heterocycles. The molecular weight excluding hydrogens is 407 g/mol. The molecule has 4 N–H and O–H groups in total. The van der Waals surface area contributed by atoms with Crippen molar-refractivity contribution >= 4 is 22.9 Å². The Kier molecular flexibility index (Phi) is 5.18. The lowest BCUT2D eigenvalue weighted by atomic mass is 9.90. The fourth-order valence-corrected chi connectivity index (χ4v) is 3.60. The fourth-order valence-electron chi connectivity index (χ4n) is 2.87. The summed E-state index contributed by atoms with van der Waals surface area (Å²) in [7, 11) is 0. The van der Waals surface area contributed by atoms with Gasteiger partial charge in [-0.3, -0.25) is 9.59 Å². The summed E-state index contributed by atoms with van der Waals surface area (Å²) < 4.78 is 40.4. The normalized spacial score (nSPS) is 12.7. The number of rotatable bonds is 4. The zero-order valence-electron chi connectivity index (χ0n) is 15.3. The van der Waals surface area contributed by atoms with Crippen LogP contribution in [0.3, 0.4) is 0 Å². The first-order valence-electron chi connectivity index (χ1n) is 8.32. The second kappa shape index (κ2) is 7.32. The van der Waals surface area contributed by atoms with E-state index in [2.05, 4.69) is 10.1 Å². The highest BCUT2D eigenvalue weighted by atomic mass is 32.1. The molecule has 11 heteroatoms. The van der Waals surface area contributed by atoms with Crippen molar-refractivity contribution in [1.82, 2.24) is 14.8 Å². The van der Waals surface area contributed by atoms with Crippen molar-refractivity contribution in [2.75, 3.05) is 5.73 Å². The van der Waals surface area contributed by atoms with Gasteiger partial charge in [0.1, 0.15) is 5.00 Å². The van der Waals surface area contributed by atoms with Gasteiger partial charge >= 0.3 is 6.18 Å². The molecule has 3 rings (SSSR count). The Morgan fingerprint density at radius 1 is 1.24 bits per heavy atom. The fraction of sp³-hybridized carbons (Fsp3) is 0.222. The van der Waals surface area contributed by atoms with Crippen molar-refractivity contribution in [3.8, 4) is 5.00 Å². The van der Waals surface area contributed by atoms with Crippen LogP contribution < -0.4 is 17.0 Å². The lowest BCUT2D eigenvalue weighted by Crippen LogP contribution is -2.28. The number of nitrogens with zero attached hydrogens (tertiary/aromatic N) is 3. The Hall–Kier alpha value is -3.21. The molecule has 0 aliphatic rings. The second-order valence-corrected chi connectivity index (χ2v) is 7.60. The predicted molar refractivity (Wildman–Crippen MR) is 102 cm³/mol. The molecule has 0 spiro atoms. The highest BCUT2D eigenvalue weighted by Crippen LogP contribution is 2.35. The van der Waals surface area contributed by atoms with E-state index in [1.165, 1.54) is 23.6 Å². The number of benzene rings is 1. The van der Waals surface area contributed by atoms with Gasteiger partial charge in [0.25, 0.3) is 11.5 Å². The van der Waals surface area contributed by atoms with E-state index < -0.39 is 29.1 Å². The first-order chi connectivity index (χ1) is 13.5. The Morgan fingerprint density at radius 2 is 1.93 bits per heavy atom. The van der Waals surface area contributed by atoms with Gasteiger partial charge in [0.2, 0.25) is 0 Å². The monoisotopic (exact) mass is 423 g/mol. The molecule has 1 unspecified atom stereocenters. The van der Waals surface area contributed by atoms with Crippen molar-refractivity contribution in [2.45, 2.75) is 25.9 Å². The Balaban J connectivity index is 2.16. The standard InChI is InChI=1S/C18H16F3N5O2S/c1-8(10-3-11(18(19,20)21)5-12(22)4-10)13-6-14(27)26(25-16(13)17(23)28)15-7-24-9(2)29-15/h3-8H,22H2,1-2H3,(H2,23,28). The summed E-state index contributed by atoms with van der Waals surface area (Å²) in [5.41, 5.74) is 9.52. The molecule has 1 amide bonds. The molecule has 0 radical (unpaired) electrons. The summed E-state index contributed by atoms with van der Waals surface area (Å²) in [6.45, 7) is 3.28. The van der Waals surface area contributed by atoms with Gasteiger partial charge in [0, 0.05) is 17.7 Å². The van der Waals surface area contributed by atoms with Crippen LogP contribution in [-0.2, 0) is 6.18 Å². The third-order valence-electron chi connectivity index (χ3n) is 4.28. The van der Waals surface area contributed by atoms with Crippen LogP contribution in [0.2, 0.25) is 0 Å². The predicted octanol–water partition coefficient (Wildman–Crippen LogP) is 2.85. The molecule has 0 fully saturated rings. The molecule has 2 aromatic heterocycles. The maximum Gasteiger partial charge on any atom is 0.416 e. The average Bonchev–Trinajstić information content (AvgIpc) is 3.05. The molecule has 152 valence electrons. The number of alkyl halides is 3. The third kappa shape index (κ3) is 4.14. The smallest absolute Gasteiger partial charge is 0.399 e. The Morgan fingerprint density at radius 3 is 2.48 bits per heavy atom. The lowest BCUT2D eigenvalue weighted by Gasteiger charge is -2.18. The zero-order chi connectivity index (χ0) is 21.5. The van der Waals surface area contributed by atoms with Gasteiger partial charge in [-0.1, -0.05) is 18.3 Å². The van der Waals surface area contributed by atoms with Crippen LogP contribution in [0.5, 0.6) is 0 Å². The van der Waals surface area contributed by atoms with Crippen LogP contribution >= 0.6 is 11.3 Å². The van der Waals surface area contributed by atoms with Crippen LogP contribution in [0, 0.1) is 6.92 Å². The SMILES string of the molecule is Cc1ncc(-n2nc(C(N)=O)c(C(C)c3cc(N)cc(C(F)(F)F)c3)cc2=O)s1. The number of hydrogen-bond donors (Lipinski definition) is 2. The van der Waals surface area contributed by atoms with Crippen LogP contribution in [0.1, 0.15) is 45.0 Å². The number of halogens is 3. The van der Waals surface area contributed by atoms with Gasteiger partial charge in [-0.2, -0.15) is 23.0 Å². The number of aryl methyl sites for hydroxylation is 1. The van der Waals surface area contributed by atoms with E-state index in [4.69, 9.17) is 11.5 Å². The van der Waals surface area contributed by atoms with Crippen molar-refractivity contribution < 1.29 is 18.0 Å². The maximum absolute atomic E-state index is 13.1. The summed E-state index contributed by atoms with van der Waals surface area (Å²) in [6, 6.07) is 4.23. The number of carbonyl (C=O) groups excluding carboxylic acids is 1. The number of nitrogen functional groups attached to an aromatic ring is 1. The van der Waals surface area contributed by atoms with E-state index in [9.17, 15) is 22.8 Å². The highest BCUT2D eigenvalue weighted by Gasteiger charge is 2.32. The van der Waals surface area contributed by atoms with Gasteiger partial charge in [-0.25, -0.2) is 4.98 Å². The van der Waals surface area contributed by atoms with Gasteiger partial charge in [-0.15, -0.1) is 0 Å². The topological polar surface area (TPSA) is 117 Å². The number of amides is 1. The summed E-state index contributed by atoms with van der Waals surface area (Å²) in [5, 5.41) is 5.11. The Labute approximate surface area is 166 Å². The molecule has 0 aliphatic heterocycles. The number of anilines is 1. The minimum absolute atomic E-state index is 0.0938. The van der Waals surface area contributed by atoms with Gasteiger partial charge < -0.3 is 11.5 Å². The number of thiazole rings is 1. The number of carbonyl (C=O) groups is 1. The lowest BCUT2D eigenvalue weighted by molar-refractivity contribution is -0.137. The number of hydrogen-bond acceptors (Lipinski definition) is 6. The minimum atomic E-state index is -4.60. The van der Waals surface area contributed by atoms with E-state index in [0.29, 0.717) is 10.0 Å². The van der Waals surface area contributed by atoms with Crippen molar-refractivity contribution in [3.05, 3.63) is 68.2 Å². The van der Waals surface area contributed by atoms with Crippen LogP contribution in [0.25, 0.3) is 5.00 Å². The summed E-state index contributed by atoms with van der Waals surface area (Å²) in [6.07, 6.45) is -3.17. The molecule has 1 atom stereocenters. The number of primary amides is 1. The summed E-state index contributed by atoms with van der Waals surface area (Å²) >= 11 is 1.19. The van der Waals surface area contributed by atoms with E-state index in [-0.39, 0.29) is 22.5 Å². The molecular formula is C18H16F3N5O2S. The molecule has 3 aromatic rings. The third-order valence-corrected chi connectivity index (χ3v) is 5.17. The van der Waals surface area contributed by atoms with Crippen LogP contribution in [-0.4, -0.2) is 20.7 Å². The first-order valence-corrected chi connectivity index (χ1v) is 9.13. The maximum atomic E-state index is 13.1. The molecule has 29 heavy (non-hydrogen) atoms. The average molecular weight is 423 g/mol. The van der Waals surface area contributed by atoms with E-state index in [1.54, 1.807) is 13.8 Å². The summed E-state index contributed by atoms with van der Waals surface area (Å²) in [4.78, 5) is 28.6. The molecule has 0 aliphatic carbocycles. The molecule has 0 bridgehead atoms. The molecule has 0 saturated carbocycles. The van der Waals surface area contributed by atoms with E-state index in [1.807, 2.05) is 0 Å². The van der Waals surface area contributed by atoms with Crippen molar-refractivity contribution in [1.29, 1.82) is 0 Å². The minimum Gasteiger partial charge on any atom is -0.399 e. The number of aromatic nitrogens is 3. The second-order valence-electron chi connectivity index (χ2n) is 6.39. The highest BCUT2D eigenvalue weighted by molar-refractivity contribution is 7.14. The van der Waals surface area contributed by atoms with Crippen LogP contribution in [0.15, 0.2) is 35.3 Å². The van der Waals surface area contributed by atoms with Crippen molar-refractivity contribution in [2.24, 2.45) is 5.73 Å². The van der Waals surface area contributed by atoms with E-state index in [0.717, 1.165) is 22.9 Å². The van der Waals surface area contributed by atoms with E-state index >= 15 is 0 Å². The zero-order valence-corrected chi connectivity index (χ0v) is 16.1. The summed E-state index contributed by atoms with van der Waals surface area (Å²) in [5.74, 6) is -1.71. The molecule has 7 nitrogen and oxygen atoms in total.